The van der Waals surface area contributed by atoms with Crippen molar-refractivity contribution in [3.8, 4) is 5.75 Å². The summed E-state index contributed by atoms with van der Waals surface area (Å²) < 4.78 is 5.27. The van der Waals surface area contributed by atoms with Crippen LogP contribution in [0.4, 0.5) is 0 Å². The SMILES string of the molecule is COc1ccccc1CNC(=O)CN(C)Cc1ccc(Cl)cc1. The molecule has 2 aromatic rings. The average Bonchev–Trinajstić information content (AvgIpc) is 2.55. The molecule has 23 heavy (non-hydrogen) atoms. The molecule has 0 heterocycles. The average molecular weight is 333 g/mol. The first-order valence-electron chi connectivity index (χ1n) is 7.40. The zero-order valence-electron chi connectivity index (χ0n) is 13.4. The Hall–Kier alpha value is -2.04. The highest BCUT2D eigenvalue weighted by Crippen LogP contribution is 2.16. The van der Waals surface area contributed by atoms with Crippen LogP contribution >= 0.6 is 11.6 Å². The molecule has 0 aliphatic heterocycles. The van der Waals surface area contributed by atoms with Crippen LogP contribution in [0, 0.1) is 0 Å². The van der Waals surface area contributed by atoms with Crippen LogP contribution in [0.3, 0.4) is 0 Å². The molecule has 0 saturated heterocycles. The molecule has 0 spiro atoms. The van der Waals surface area contributed by atoms with E-state index in [4.69, 9.17) is 16.3 Å². The fourth-order valence-electron chi connectivity index (χ4n) is 2.30. The number of benzene rings is 2. The molecule has 0 fully saturated rings. The highest BCUT2D eigenvalue weighted by Gasteiger charge is 2.08. The fraction of sp³-hybridized carbons (Fsp3) is 0.278. The number of hydrogen-bond acceptors (Lipinski definition) is 3. The van der Waals surface area contributed by atoms with Gasteiger partial charge in [0.1, 0.15) is 5.75 Å². The minimum absolute atomic E-state index is 0.0210. The molecule has 5 heteroatoms. The smallest absolute Gasteiger partial charge is 0.234 e. The molecule has 0 radical (unpaired) electrons. The summed E-state index contributed by atoms with van der Waals surface area (Å²) in [6, 6.07) is 15.3. The van der Waals surface area contributed by atoms with Crippen LogP contribution in [0.25, 0.3) is 0 Å². The lowest BCUT2D eigenvalue weighted by molar-refractivity contribution is -0.122. The standard InChI is InChI=1S/C18H21ClN2O2/c1-21(12-14-7-9-16(19)10-8-14)13-18(22)20-11-15-5-3-4-6-17(15)23-2/h3-10H,11-13H2,1-2H3,(H,20,22). The third-order valence-corrected chi connectivity index (χ3v) is 3.70. The number of nitrogens with zero attached hydrogens (tertiary/aromatic N) is 1. The number of methoxy groups -OCH3 is 1. The molecule has 2 aromatic carbocycles. The molecule has 1 N–H and O–H groups in total. The van der Waals surface area contributed by atoms with Gasteiger partial charge in [-0.1, -0.05) is 41.9 Å². The van der Waals surface area contributed by atoms with Crippen LogP contribution in [0.15, 0.2) is 48.5 Å². The minimum Gasteiger partial charge on any atom is -0.496 e. The Morgan fingerprint density at radius 1 is 1.17 bits per heavy atom. The normalized spacial score (nSPS) is 10.6. The maximum Gasteiger partial charge on any atom is 0.234 e. The van der Waals surface area contributed by atoms with E-state index in [0.29, 0.717) is 24.7 Å². The number of carbonyl (C=O) groups is 1. The molecule has 0 atom stereocenters. The predicted octanol–water partition coefficient (Wildman–Crippen LogP) is 3.10. The molecule has 0 bridgehead atoms. The first-order chi connectivity index (χ1) is 11.1. The van der Waals surface area contributed by atoms with Crippen molar-refractivity contribution in [3.05, 3.63) is 64.7 Å². The molecule has 4 nitrogen and oxygen atoms in total. The van der Waals surface area contributed by atoms with Gasteiger partial charge in [-0.15, -0.1) is 0 Å². The van der Waals surface area contributed by atoms with Gasteiger partial charge in [0.15, 0.2) is 0 Å². The summed E-state index contributed by atoms with van der Waals surface area (Å²) in [6.45, 7) is 1.48. The minimum atomic E-state index is -0.0210. The topological polar surface area (TPSA) is 41.6 Å². The van der Waals surface area contributed by atoms with E-state index in [-0.39, 0.29) is 5.91 Å². The van der Waals surface area contributed by atoms with Crippen LogP contribution in [-0.4, -0.2) is 31.5 Å². The van der Waals surface area contributed by atoms with Crippen LogP contribution in [0.1, 0.15) is 11.1 Å². The van der Waals surface area contributed by atoms with Crippen molar-refractivity contribution in [2.75, 3.05) is 20.7 Å². The molecule has 0 unspecified atom stereocenters. The third-order valence-electron chi connectivity index (χ3n) is 3.45. The lowest BCUT2D eigenvalue weighted by Crippen LogP contribution is -2.34. The summed E-state index contributed by atoms with van der Waals surface area (Å²) in [4.78, 5) is 14.0. The van der Waals surface area contributed by atoms with E-state index in [1.165, 1.54) is 0 Å². The second-order valence-electron chi connectivity index (χ2n) is 5.39. The number of likely N-dealkylation sites (N-methyl/N-ethyl adjacent to an activating group) is 1. The summed E-state index contributed by atoms with van der Waals surface area (Å²) in [7, 11) is 3.54. The molecule has 0 aliphatic rings. The lowest BCUT2D eigenvalue weighted by Gasteiger charge is -2.17. The van der Waals surface area contributed by atoms with Crippen LogP contribution in [0.2, 0.25) is 5.02 Å². The number of amides is 1. The summed E-state index contributed by atoms with van der Waals surface area (Å²) in [5, 5.41) is 3.63. The summed E-state index contributed by atoms with van der Waals surface area (Å²) in [5.74, 6) is 0.759. The van der Waals surface area contributed by atoms with Crippen LogP contribution < -0.4 is 10.1 Å². The van der Waals surface area contributed by atoms with E-state index in [1.807, 2.05) is 60.5 Å². The van der Waals surface area contributed by atoms with Gasteiger partial charge in [0, 0.05) is 23.7 Å². The van der Waals surface area contributed by atoms with Gasteiger partial charge in [-0.05, 0) is 30.8 Å². The summed E-state index contributed by atoms with van der Waals surface area (Å²) >= 11 is 5.87. The Morgan fingerprint density at radius 2 is 1.87 bits per heavy atom. The predicted molar refractivity (Wildman–Crippen MR) is 92.6 cm³/mol. The van der Waals surface area contributed by atoms with Crippen LogP contribution in [0.5, 0.6) is 5.75 Å². The number of rotatable bonds is 7. The molecule has 0 saturated carbocycles. The number of carbonyl (C=O) groups excluding carboxylic acids is 1. The Balaban J connectivity index is 1.81. The fourth-order valence-corrected chi connectivity index (χ4v) is 2.43. The summed E-state index contributed by atoms with van der Waals surface area (Å²) in [6.07, 6.45) is 0. The van der Waals surface area contributed by atoms with E-state index in [2.05, 4.69) is 5.32 Å². The highest BCUT2D eigenvalue weighted by molar-refractivity contribution is 6.30. The molecule has 122 valence electrons. The van der Waals surface area contributed by atoms with Gasteiger partial charge in [0.05, 0.1) is 13.7 Å². The Kier molecular flexibility index (Phi) is 6.44. The zero-order valence-corrected chi connectivity index (χ0v) is 14.1. The summed E-state index contributed by atoms with van der Waals surface area (Å²) in [5.41, 5.74) is 2.08. The lowest BCUT2D eigenvalue weighted by atomic mass is 10.2. The number of nitrogens with one attached hydrogen (secondary N) is 1. The van der Waals surface area contributed by atoms with Gasteiger partial charge in [0.2, 0.25) is 5.91 Å². The van der Waals surface area contributed by atoms with E-state index in [1.54, 1.807) is 7.11 Å². The molecule has 0 aromatic heterocycles. The molecular formula is C18H21ClN2O2. The second-order valence-corrected chi connectivity index (χ2v) is 5.82. The van der Waals surface area contributed by atoms with E-state index in [0.717, 1.165) is 16.9 Å². The maximum atomic E-state index is 12.1. The van der Waals surface area contributed by atoms with Crippen LogP contribution in [-0.2, 0) is 17.9 Å². The number of halogens is 1. The van der Waals surface area contributed by atoms with Gasteiger partial charge in [-0.2, -0.15) is 0 Å². The molecule has 2 rings (SSSR count). The Labute approximate surface area is 142 Å². The van der Waals surface area contributed by atoms with Crippen molar-refractivity contribution in [2.45, 2.75) is 13.1 Å². The van der Waals surface area contributed by atoms with Gasteiger partial charge < -0.3 is 10.1 Å². The molecule has 0 aliphatic carbocycles. The van der Waals surface area contributed by atoms with Gasteiger partial charge in [0.25, 0.3) is 0 Å². The molecular weight excluding hydrogens is 312 g/mol. The quantitative estimate of drug-likeness (QED) is 0.847. The third kappa shape index (κ3) is 5.58. The highest BCUT2D eigenvalue weighted by atomic mass is 35.5. The second kappa shape index (κ2) is 8.56. The van der Waals surface area contributed by atoms with Crippen molar-refractivity contribution < 1.29 is 9.53 Å². The Morgan fingerprint density at radius 3 is 2.57 bits per heavy atom. The van der Waals surface area contributed by atoms with Gasteiger partial charge in [-0.25, -0.2) is 0 Å². The van der Waals surface area contributed by atoms with Crippen molar-refractivity contribution >= 4 is 17.5 Å². The first kappa shape index (κ1) is 17.3. The van der Waals surface area contributed by atoms with Gasteiger partial charge >= 0.3 is 0 Å². The van der Waals surface area contributed by atoms with Crippen molar-refractivity contribution in [3.63, 3.8) is 0 Å². The van der Waals surface area contributed by atoms with Crippen molar-refractivity contribution in [1.29, 1.82) is 0 Å². The largest absolute Gasteiger partial charge is 0.496 e. The number of ether oxygens (including phenoxy) is 1. The van der Waals surface area contributed by atoms with Crippen molar-refractivity contribution in [2.24, 2.45) is 0 Å². The van der Waals surface area contributed by atoms with Gasteiger partial charge in [-0.3, -0.25) is 9.69 Å². The number of hydrogen-bond donors (Lipinski definition) is 1. The van der Waals surface area contributed by atoms with E-state index in [9.17, 15) is 4.79 Å². The van der Waals surface area contributed by atoms with E-state index < -0.39 is 0 Å². The van der Waals surface area contributed by atoms with Crippen molar-refractivity contribution in [1.82, 2.24) is 10.2 Å². The molecule has 1 amide bonds. The maximum absolute atomic E-state index is 12.1. The number of para-hydroxylation sites is 1. The monoisotopic (exact) mass is 332 g/mol. The Bertz CT molecular complexity index is 644. The zero-order chi connectivity index (χ0) is 16.7. The van der Waals surface area contributed by atoms with E-state index >= 15 is 0 Å². The first-order valence-corrected chi connectivity index (χ1v) is 7.78.